The van der Waals surface area contributed by atoms with Crippen LogP contribution < -0.4 is 48.0 Å². The molecule has 0 amide bonds. The standard InChI is InChI=1S/C13H9.C5H5.C3H6.2HI.Zr/c1-3-7-12-10(5-1)9-11-6-2-4-8-13(11)12;1-2-4-5-3-1;1-3-2;;;/h1-5,7-8H,9H2;1-3H,4H2;1-2H3;2*1H;/q2*-1;;;;+2/p-2. The molecule has 0 fully saturated rings. The molecule has 0 aromatic heterocycles. The molecule has 0 unspecified atom stereocenters. The molecule has 3 heteroatoms. The van der Waals surface area contributed by atoms with E-state index in [0.717, 1.165) is 12.8 Å². The molecular weight excluding hydrogens is 597 g/mol. The van der Waals surface area contributed by atoms with Gasteiger partial charge in [0.15, 0.2) is 0 Å². The summed E-state index contributed by atoms with van der Waals surface area (Å²) in [6, 6.07) is 18.1. The predicted molar refractivity (Wildman–Crippen MR) is 91.4 cm³/mol. The van der Waals surface area contributed by atoms with Gasteiger partial charge in [-0.1, -0.05) is 35.4 Å². The fourth-order valence-corrected chi connectivity index (χ4v) is 2.34. The van der Waals surface area contributed by atoms with Crippen molar-refractivity contribution in [2.75, 3.05) is 0 Å². The van der Waals surface area contributed by atoms with Gasteiger partial charge in [-0.15, -0.1) is 12.0 Å². The molecule has 0 N–H and O–H groups in total. The zero-order chi connectivity index (χ0) is 15.8. The first kappa shape index (κ1) is 24.1. The van der Waals surface area contributed by atoms with Gasteiger partial charge in [0.25, 0.3) is 0 Å². The average molecular weight is 617 g/mol. The van der Waals surface area contributed by atoms with Crippen molar-refractivity contribution < 1.29 is 72.2 Å². The van der Waals surface area contributed by atoms with Gasteiger partial charge in [0.05, 0.1) is 0 Å². The molecule has 4 rings (SSSR count). The second-order valence-electron chi connectivity index (χ2n) is 5.40. The van der Waals surface area contributed by atoms with E-state index in [2.05, 4.69) is 68.5 Å². The smallest absolute Gasteiger partial charge is 0.0253 e. The van der Waals surface area contributed by atoms with E-state index in [0.29, 0.717) is 0 Å². The Hall–Kier alpha value is 0.133. The van der Waals surface area contributed by atoms with Crippen LogP contribution in [0, 0.1) is 12.1 Å². The molecule has 0 bridgehead atoms. The maximum Gasteiger partial charge on any atom is -0.0253 e. The molecule has 124 valence electrons. The summed E-state index contributed by atoms with van der Waals surface area (Å²) in [5, 5.41) is 0. The molecule has 0 aliphatic heterocycles. The third-order valence-corrected chi connectivity index (χ3v) is 3.20. The molecule has 24 heavy (non-hydrogen) atoms. The van der Waals surface area contributed by atoms with Crippen LogP contribution in [0.4, 0.5) is 0 Å². The Morgan fingerprint density at radius 3 is 2.25 bits per heavy atom. The van der Waals surface area contributed by atoms with Gasteiger partial charge >= 0.3 is 41.3 Å². The molecule has 2 aliphatic rings. The summed E-state index contributed by atoms with van der Waals surface area (Å²) in [5.41, 5.74) is 5.51. The molecule has 2 aromatic carbocycles. The number of hydrogen-bond acceptors (Lipinski definition) is 0. The number of benzene rings is 2. The van der Waals surface area contributed by atoms with E-state index in [1.807, 2.05) is 18.2 Å². The minimum atomic E-state index is 0. The minimum Gasteiger partial charge on any atom is -1.00 e. The number of hydrogen-bond donors (Lipinski definition) is 0. The van der Waals surface area contributed by atoms with Crippen LogP contribution in [0.2, 0.25) is 0 Å². The zero-order valence-corrected chi connectivity index (χ0v) is 20.7. The van der Waals surface area contributed by atoms with E-state index in [4.69, 9.17) is 0 Å². The summed E-state index contributed by atoms with van der Waals surface area (Å²) < 4.78 is 1.51. The van der Waals surface area contributed by atoms with E-state index in [-0.39, 0.29) is 48.0 Å². The quantitative estimate of drug-likeness (QED) is 0.227. The van der Waals surface area contributed by atoms with Crippen LogP contribution in [0.1, 0.15) is 31.4 Å². The summed E-state index contributed by atoms with van der Waals surface area (Å²) in [5.74, 6) is 0. The van der Waals surface area contributed by atoms with Crippen molar-refractivity contribution in [2.24, 2.45) is 0 Å². The van der Waals surface area contributed by atoms with Crippen molar-refractivity contribution >= 4 is 3.21 Å². The molecule has 0 atom stereocenters. The van der Waals surface area contributed by atoms with Gasteiger partial charge in [-0.2, -0.15) is 35.9 Å². The van der Waals surface area contributed by atoms with Crippen LogP contribution in [-0.2, 0) is 30.7 Å². The van der Waals surface area contributed by atoms with Crippen molar-refractivity contribution in [2.45, 2.75) is 26.7 Å². The molecule has 0 saturated heterocycles. The van der Waals surface area contributed by atoms with Gasteiger partial charge in [-0.05, 0) is 6.42 Å². The molecule has 0 radical (unpaired) electrons. The van der Waals surface area contributed by atoms with Crippen molar-refractivity contribution in [1.82, 2.24) is 0 Å². The molecular formula is C21H20I2Zr-2. The van der Waals surface area contributed by atoms with E-state index in [1.54, 1.807) is 24.2 Å². The summed E-state index contributed by atoms with van der Waals surface area (Å²) in [6.45, 7) is 4.25. The molecule has 0 nitrogen and oxygen atoms in total. The van der Waals surface area contributed by atoms with Gasteiger partial charge in [0.2, 0.25) is 0 Å². The predicted octanol–water partition coefficient (Wildman–Crippen LogP) is -0.883. The Labute approximate surface area is 195 Å². The molecule has 0 spiro atoms. The van der Waals surface area contributed by atoms with Gasteiger partial charge in [-0.25, -0.2) is 12.2 Å². The second kappa shape index (κ2) is 13.4. The van der Waals surface area contributed by atoms with E-state index in [9.17, 15) is 0 Å². The summed E-state index contributed by atoms with van der Waals surface area (Å²) in [6.07, 6.45) is 11.0. The van der Waals surface area contributed by atoms with Crippen LogP contribution in [0.15, 0.2) is 60.7 Å². The van der Waals surface area contributed by atoms with Gasteiger partial charge < -0.3 is 48.0 Å². The fourth-order valence-electron chi connectivity index (χ4n) is 2.34. The normalized spacial score (nSPS) is 11.5. The van der Waals surface area contributed by atoms with Crippen molar-refractivity contribution in [3.05, 3.63) is 84.0 Å². The Bertz CT molecular complexity index is 645. The summed E-state index contributed by atoms with van der Waals surface area (Å²) >= 11 is 1.55. The molecule has 2 aliphatic carbocycles. The molecule has 0 saturated carbocycles. The largest absolute Gasteiger partial charge is 1.00 e. The number of fused-ring (bicyclic) bond motifs is 3. The summed E-state index contributed by atoms with van der Waals surface area (Å²) in [4.78, 5) is 0. The first-order valence-corrected chi connectivity index (χ1v) is 8.72. The Morgan fingerprint density at radius 2 is 1.67 bits per heavy atom. The summed E-state index contributed by atoms with van der Waals surface area (Å²) in [7, 11) is 0. The SMILES string of the molecule is C[C](C)=[Zr+2].[C-]1=CC=CC1.[I-].[I-].[c-]1cccc2c1Cc1ccccc1-2. The van der Waals surface area contributed by atoms with E-state index < -0.39 is 0 Å². The van der Waals surface area contributed by atoms with Crippen LogP contribution in [-0.4, -0.2) is 3.21 Å². The average Bonchev–Trinajstić information content (AvgIpc) is 3.18. The van der Waals surface area contributed by atoms with Crippen LogP contribution >= 0.6 is 0 Å². The Balaban J connectivity index is 0.000000409. The number of halogens is 2. The van der Waals surface area contributed by atoms with Gasteiger partial charge in [0, 0.05) is 0 Å². The Morgan fingerprint density at radius 1 is 1.00 bits per heavy atom. The van der Waals surface area contributed by atoms with Crippen molar-refractivity contribution in [3.63, 3.8) is 0 Å². The van der Waals surface area contributed by atoms with Crippen molar-refractivity contribution in [1.29, 1.82) is 0 Å². The first-order valence-electron chi connectivity index (χ1n) is 7.50. The topological polar surface area (TPSA) is 0 Å². The third-order valence-electron chi connectivity index (χ3n) is 3.20. The van der Waals surface area contributed by atoms with Crippen molar-refractivity contribution in [3.8, 4) is 11.1 Å². The number of rotatable bonds is 0. The van der Waals surface area contributed by atoms with Crippen LogP contribution in [0.5, 0.6) is 0 Å². The molecule has 0 heterocycles. The van der Waals surface area contributed by atoms with E-state index >= 15 is 0 Å². The van der Waals surface area contributed by atoms with Gasteiger partial charge in [0.1, 0.15) is 0 Å². The Kier molecular flexibility index (Phi) is 13.4. The van der Waals surface area contributed by atoms with E-state index in [1.165, 1.54) is 25.5 Å². The monoisotopic (exact) mass is 616 g/mol. The van der Waals surface area contributed by atoms with Crippen LogP contribution in [0.25, 0.3) is 11.1 Å². The minimum absolute atomic E-state index is 0. The fraction of sp³-hybridized carbons (Fsp3) is 0.190. The second-order valence-corrected chi connectivity index (χ2v) is 7.86. The van der Waals surface area contributed by atoms with Crippen LogP contribution in [0.3, 0.4) is 0 Å². The zero-order valence-electron chi connectivity index (χ0n) is 13.9. The third kappa shape index (κ3) is 8.01. The number of allylic oxidation sites excluding steroid dienone is 4. The first-order chi connectivity index (χ1) is 10.7. The maximum absolute atomic E-state index is 3.30. The maximum atomic E-state index is 3.30. The molecule has 2 aromatic rings. The van der Waals surface area contributed by atoms with Gasteiger partial charge in [-0.3, -0.25) is 6.08 Å².